The van der Waals surface area contributed by atoms with Crippen molar-refractivity contribution in [3.63, 3.8) is 0 Å². The fourth-order valence-corrected chi connectivity index (χ4v) is 15.5. The summed E-state index contributed by atoms with van der Waals surface area (Å²) in [6, 6.07) is 36.2. The summed E-state index contributed by atoms with van der Waals surface area (Å²) >= 11 is 0. The predicted octanol–water partition coefficient (Wildman–Crippen LogP) is 8.48. The van der Waals surface area contributed by atoms with Crippen LogP contribution in [0.3, 0.4) is 0 Å². The van der Waals surface area contributed by atoms with Crippen LogP contribution in [0, 0.1) is 23.2 Å². The number of barbiturate groups is 1. The number of anilines is 1. The van der Waals surface area contributed by atoms with E-state index in [4.69, 9.17) is 20.3 Å². The summed E-state index contributed by atoms with van der Waals surface area (Å²) in [5.74, 6) is 0.687. The number of phenolic OH excluding ortho intramolecular Hbond substituents is 2. The molecule has 8 atom stereocenters. The zero-order valence-corrected chi connectivity index (χ0v) is 53.3. The number of urea groups is 1. The lowest BCUT2D eigenvalue weighted by Gasteiger charge is -2.62. The topological polar surface area (TPSA) is 287 Å². The molecular weight excluding hydrogens is 1160 g/mol. The van der Waals surface area contributed by atoms with Crippen LogP contribution in [0.5, 0.6) is 23.0 Å². The van der Waals surface area contributed by atoms with E-state index < -0.39 is 62.7 Å². The van der Waals surface area contributed by atoms with Crippen LogP contribution in [-0.4, -0.2) is 134 Å². The van der Waals surface area contributed by atoms with Gasteiger partial charge in [-0.15, -0.1) is 6.58 Å². The predicted molar refractivity (Wildman–Crippen MR) is 345 cm³/mol. The van der Waals surface area contributed by atoms with Gasteiger partial charge in [0, 0.05) is 60.4 Å². The molecule has 3 aliphatic heterocycles. The minimum Gasteiger partial charge on any atom is -0.508 e. The number of rotatable bonds is 16. The molecule has 6 amide bonds. The number of nitrogens with one attached hydrogen (secondary N) is 3. The SMILES string of the molecule is C=CCC1(C(C)CC)C(=O)NC(=O)NC1=O.CC(=O)Nc1ccc(O)cc1.COc1cccc([C@@]2(O)CCCC[C@@H]2CN(C)C)c1.NC(=O)CS(=O)C(c1ccccc1)c1ccccc1.O=C1CC[C@@]2(O)[C@H]3Cc4ccc(O)c5c4[C@@]2(CCN3CC2CC2)[C@H]1O5. The normalized spacial score (nSPS) is 24.8. The molecular formula is C70H88N6O13S. The van der Waals surface area contributed by atoms with Crippen molar-refractivity contribution in [3.8, 4) is 23.0 Å². The summed E-state index contributed by atoms with van der Waals surface area (Å²) in [6.45, 7) is 11.6. The Bertz CT molecular complexity index is 3340. The lowest BCUT2D eigenvalue weighted by atomic mass is 9.49. The number of amides is 6. The lowest BCUT2D eigenvalue weighted by Crippen LogP contribution is -2.76. The van der Waals surface area contributed by atoms with Crippen LogP contribution in [0.15, 0.2) is 134 Å². The molecule has 1 spiro atoms. The fraction of sp³-hybridized carbons (Fsp3) is 0.457. The van der Waals surface area contributed by atoms with Crippen LogP contribution < -0.4 is 31.2 Å². The zero-order valence-electron chi connectivity index (χ0n) is 52.5. The van der Waals surface area contributed by atoms with Crippen LogP contribution in [0.1, 0.15) is 124 Å². The van der Waals surface area contributed by atoms with E-state index in [-0.39, 0.29) is 52.6 Å². The van der Waals surface area contributed by atoms with Gasteiger partial charge in [0.1, 0.15) is 22.7 Å². The van der Waals surface area contributed by atoms with Gasteiger partial charge in [-0.05, 0) is 149 Å². The Morgan fingerprint density at radius 2 is 1.52 bits per heavy atom. The quantitative estimate of drug-likeness (QED) is 0.0261. The Labute approximate surface area is 530 Å². The van der Waals surface area contributed by atoms with Crippen LogP contribution in [0.2, 0.25) is 0 Å². The molecule has 19 nitrogen and oxygen atoms in total. The number of primary amides is 1. The van der Waals surface area contributed by atoms with Gasteiger partial charge >= 0.3 is 6.03 Å². The summed E-state index contributed by atoms with van der Waals surface area (Å²) in [5, 5.41) is 48.9. The highest BCUT2D eigenvalue weighted by Crippen LogP contribution is 2.65. The summed E-state index contributed by atoms with van der Waals surface area (Å²) in [6.07, 6.45) is 11.0. The molecule has 2 saturated heterocycles. The van der Waals surface area contributed by atoms with Crippen molar-refractivity contribution in [3.05, 3.63) is 162 Å². The van der Waals surface area contributed by atoms with E-state index in [1.54, 1.807) is 25.3 Å². The van der Waals surface area contributed by atoms with E-state index in [1.807, 2.05) is 105 Å². The van der Waals surface area contributed by atoms with Crippen LogP contribution in [-0.2, 0) is 52.2 Å². The highest BCUT2D eigenvalue weighted by molar-refractivity contribution is 7.86. The number of benzene rings is 5. The van der Waals surface area contributed by atoms with Crippen molar-refractivity contribution in [2.75, 3.05) is 51.9 Å². The van der Waals surface area contributed by atoms with E-state index >= 15 is 0 Å². The Hall–Kier alpha value is -7.75. The summed E-state index contributed by atoms with van der Waals surface area (Å²) < 4.78 is 23.7. The first-order valence-corrected chi connectivity index (χ1v) is 32.5. The number of phenols is 2. The van der Waals surface area contributed by atoms with Crippen molar-refractivity contribution in [2.24, 2.45) is 28.9 Å². The molecule has 3 saturated carbocycles. The third kappa shape index (κ3) is 14.7. The maximum atomic E-state index is 12.7. The molecule has 7 aliphatic rings. The lowest BCUT2D eigenvalue weighted by molar-refractivity contribution is -0.188. The number of piperidine rings is 1. The molecule has 2 bridgehead atoms. The van der Waals surface area contributed by atoms with Crippen molar-refractivity contribution < 1.29 is 62.9 Å². The number of methoxy groups -OCH3 is 1. The fourth-order valence-electron chi connectivity index (χ4n) is 14.1. The Morgan fingerprint density at radius 1 is 0.878 bits per heavy atom. The first-order chi connectivity index (χ1) is 42.9. The molecule has 90 heavy (non-hydrogen) atoms. The Kier molecular flexibility index (Phi) is 22.3. The van der Waals surface area contributed by atoms with Gasteiger partial charge < -0.3 is 45.9 Å². The highest BCUT2D eigenvalue weighted by atomic mass is 32.2. The monoisotopic (exact) mass is 1250 g/mol. The molecule has 20 heteroatoms. The van der Waals surface area contributed by atoms with Crippen molar-refractivity contribution in [1.29, 1.82) is 0 Å². The van der Waals surface area contributed by atoms with Gasteiger partial charge in [-0.2, -0.15) is 0 Å². The second-order valence-corrected chi connectivity index (χ2v) is 26.5. The third-order valence-electron chi connectivity index (χ3n) is 18.9. The number of carbonyl (C=O) groups is 6. The molecule has 0 aromatic heterocycles. The van der Waals surface area contributed by atoms with Gasteiger partial charge in [0.05, 0.1) is 29.0 Å². The first-order valence-electron chi connectivity index (χ1n) is 31.1. The molecule has 3 heterocycles. The number of likely N-dealkylation sites (tertiary alicyclic amines) is 1. The van der Waals surface area contributed by atoms with Gasteiger partial charge in [0.25, 0.3) is 0 Å². The minimum atomic E-state index is -1.36. The average Bonchev–Trinajstić information content (AvgIpc) is 1.38. The summed E-state index contributed by atoms with van der Waals surface area (Å²) in [5.41, 5.74) is 7.23. The second kappa shape index (κ2) is 29.5. The number of hydrogen-bond acceptors (Lipinski definition) is 15. The van der Waals surface area contributed by atoms with Gasteiger partial charge in [-0.1, -0.05) is 118 Å². The number of imide groups is 2. The standard InChI is InChI=1S/C20H23NO4.C16H25NO2.C15H15NO2S.C11H16N2O3.C8H9NO2/c22-13-4-3-12-9-15-20(24)6-5-14(23)18-19(20,16(12)17(13)25-18)7-8-21(15)10-11-1-2-11;1-17(2)12-14-7-4-5-10-16(14,18)13-8-6-9-15(11-13)19-3;16-14(17)11-19(18)15(12-7-3-1-4-8-12)13-9-5-2-6-10-13;1-4-6-11(7(3)5-2)8(14)12-10(16)13-9(11)15;1-6(10)9-7-2-4-8(11)5-3-7/h3-4,11,15,18,22,24H,1-2,5-10H2;6,8-9,11,14,18H,4-5,7,10,12H2,1-3H3;1-10,15H,11H2,(H2,16,17);4,7H,1,5-6H2,2-3H3,(H2,12,13,14,15,16);2-5,11H,1H3,(H,9,10)/t15-,18+,19+,20-;14-,16+;;;/m11.../s1. The maximum Gasteiger partial charge on any atom is 0.328 e. The number of nitrogens with zero attached hydrogens (tertiary/aromatic N) is 2. The van der Waals surface area contributed by atoms with Crippen LogP contribution >= 0.6 is 0 Å². The van der Waals surface area contributed by atoms with Gasteiger partial charge in [0.2, 0.25) is 23.6 Å². The van der Waals surface area contributed by atoms with Crippen molar-refractivity contribution in [1.82, 2.24) is 20.4 Å². The first kappa shape index (κ1) is 68.2. The number of aliphatic hydroxyl groups is 2. The number of hydrogen-bond donors (Lipinski definition) is 8. The summed E-state index contributed by atoms with van der Waals surface area (Å²) in [7, 11) is 4.44. The van der Waals surface area contributed by atoms with E-state index in [9.17, 15) is 48.3 Å². The van der Waals surface area contributed by atoms with Gasteiger partial charge in [-0.25, -0.2) is 4.79 Å². The summed E-state index contributed by atoms with van der Waals surface area (Å²) in [4.78, 5) is 73.7. The largest absolute Gasteiger partial charge is 0.508 e. The highest BCUT2D eigenvalue weighted by Gasteiger charge is 2.73. The van der Waals surface area contributed by atoms with Crippen LogP contribution in [0.25, 0.3) is 0 Å². The molecule has 5 aromatic rings. The average molecular weight is 1250 g/mol. The smallest absolute Gasteiger partial charge is 0.328 e. The molecule has 482 valence electrons. The molecule has 0 radical (unpaired) electrons. The number of nitrogens with two attached hydrogens (primary N) is 1. The number of allylic oxidation sites excluding steroid dienone is 1. The number of aromatic hydroxyl groups is 2. The second-order valence-electron chi connectivity index (χ2n) is 25.0. The Balaban J connectivity index is 0.000000149. The third-order valence-corrected chi connectivity index (χ3v) is 20.5. The maximum absolute atomic E-state index is 12.7. The van der Waals surface area contributed by atoms with Crippen molar-refractivity contribution >= 4 is 51.9 Å². The molecule has 9 N–H and O–H groups in total. The molecule has 5 aromatic carbocycles. The zero-order chi connectivity index (χ0) is 65.1. The van der Waals surface area contributed by atoms with Crippen molar-refractivity contribution in [2.45, 2.75) is 132 Å². The van der Waals surface area contributed by atoms with E-state index in [2.05, 4.69) is 46.4 Å². The van der Waals surface area contributed by atoms with Gasteiger partial charge in [-0.3, -0.25) is 43.7 Å². The van der Waals surface area contributed by atoms with Crippen LogP contribution in [0.4, 0.5) is 10.5 Å². The number of Topliss-reactive ketones (excluding diaryl/α,β-unsaturated/α-hetero) is 1. The molecule has 4 aliphatic carbocycles. The van der Waals surface area contributed by atoms with E-state index in [0.717, 1.165) is 91.2 Å². The van der Waals surface area contributed by atoms with E-state index in [0.29, 0.717) is 36.6 Å². The van der Waals surface area contributed by atoms with Gasteiger partial charge in [0.15, 0.2) is 23.4 Å². The number of ketones is 1. The molecule has 2 unspecified atom stereocenters. The number of ether oxygens (including phenoxy) is 2. The minimum absolute atomic E-state index is 0.0454. The number of carbonyl (C=O) groups excluding carboxylic acids is 6. The molecule has 5 fully saturated rings. The molecule has 12 rings (SSSR count). The van der Waals surface area contributed by atoms with E-state index in [1.165, 1.54) is 44.4 Å². The Morgan fingerprint density at radius 3 is 2.09 bits per heavy atom.